The van der Waals surface area contributed by atoms with Crippen LogP contribution in [0.3, 0.4) is 0 Å². The van der Waals surface area contributed by atoms with Gasteiger partial charge in [0.05, 0.1) is 19.1 Å². The summed E-state index contributed by atoms with van der Waals surface area (Å²) in [5.41, 5.74) is 0.703. The minimum absolute atomic E-state index is 0.0658. The van der Waals surface area contributed by atoms with E-state index in [0.29, 0.717) is 29.7 Å². The molecule has 0 radical (unpaired) electrons. The van der Waals surface area contributed by atoms with Crippen molar-refractivity contribution < 1.29 is 18.3 Å². The van der Waals surface area contributed by atoms with Crippen LogP contribution in [0.1, 0.15) is 43.7 Å². The topological polar surface area (TPSA) is 73.4 Å². The maximum absolute atomic E-state index is 14.0. The van der Waals surface area contributed by atoms with Crippen molar-refractivity contribution in [1.29, 1.82) is 0 Å². The molecule has 1 aliphatic carbocycles. The van der Waals surface area contributed by atoms with Crippen LogP contribution in [0.4, 0.5) is 4.39 Å². The monoisotopic (exact) mass is 458 g/mol. The molecule has 2 aromatic heterocycles. The predicted molar refractivity (Wildman–Crippen MR) is 120 cm³/mol. The number of rotatable bonds is 8. The summed E-state index contributed by atoms with van der Waals surface area (Å²) in [6, 6.07) is 8.74. The first-order valence-corrected chi connectivity index (χ1v) is 11.7. The molecule has 0 unspecified atom stereocenters. The minimum atomic E-state index is -0.439. The number of carbonyl (C=O) groups is 1. The van der Waals surface area contributed by atoms with Gasteiger partial charge in [0.15, 0.2) is 22.5 Å². The van der Waals surface area contributed by atoms with Crippen LogP contribution in [0.5, 0.6) is 5.75 Å². The van der Waals surface area contributed by atoms with Crippen molar-refractivity contribution in [2.24, 2.45) is 0 Å². The summed E-state index contributed by atoms with van der Waals surface area (Å²) in [4.78, 5) is 14.3. The van der Waals surface area contributed by atoms with Crippen LogP contribution < -0.4 is 4.74 Å². The van der Waals surface area contributed by atoms with Gasteiger partial charge in [-0.15, -0.1) is 10.2 Å². The Kier molecular flexibility index (Phi) is 7.14. The minimum Gasteiger partial charge on any atom is -0.494 e. The molecule has 1 amide bonds. The standard InChI is InChI=1S/C23H27FN4O3S/c1-27(14-16-10-11-19(30-2)18(24)13-16)21(29)15-32-23-26-25-22(20-9-6-12-31-20)28(23)17-7-4-3-5-8-17/h6,9-13,17H,3-5,7-8,14-15H2,1-2H3. The van der Waals surface area contributed by atoms with E-state index in [9.17, 15) is 9.18 Å². The van der Waals surface area contributed by atoms with E-state index in [-0.39, 0.29) is 17.4 Å². The molecule has 0 saturated heterocycles. The zero-order valence-corrected chi connectivity index (χ0v) is 19.1. The van der Waals surface area contributed by atoms with Crippen LogP contribution in [-0.2, 0) is 11.3 Å². The van der Waals surface area contributed by atoms with E-state index < -0.39 is 5.82 Å². The van der Waals surface area contributed by atoms with Crippen molar-refractivity contribution in [3.8, 4) is 17.3 Å². The summed E-state index contributed by atoms with van der Waals surface area (Å²) < 4.78 is 26.6. The van der Waals surface area contributed by atoms with Gasteiger partial charge in [0.2, 0.25) is 11.7 Å². The molecule has 7 nitrogen and oxygen atoms in total. The molecule has 0 spiro atoms. The highest BCUT2D eigenvalue weighted by Crippen LogP contribution is 2.35. The van der Waals surface area contributed by atoms with Crippen LogP contribution >= 0.6 is 11.8 Å². The number of hydrogen-bond acceptors (Lipinski definition) is 6. The second-order valence-corrected chi connectivity index (χ2v) is 8.90. The summed E-state index contributed by atoms with van der Waals surface area (Å²) >= 11 is 1.38. The summed E-state index contributed by atoms with van der Waals surface area (Å²) in [5, 5.41) is 9.47. The van der Waals surface area contributed by atoms with Gasteiger partial charge in [-0.3, -0.25) is 9.36 Å². The second-order valence-electron chi connectivity index (χ2n) is 7.95. The predicted octanol–water partition coefficient (Wildman–Crippen LogP) is 4.94. The highest BCUT2D eigenvalue weighted by Gasteiger charge is 2.25. The van der Waals surface area contributed by atoms with Crippen LogP contribution in [0.25, 0.3) is 11.6 Å². The number of hydrogen-bond donors (Lipinski definition) is 0. The maximum Gasteiger partial charge on any atom is 0.233 e. The molecule has 0 bridgehead atoms. The van der Waals surface area contributed by atoms with Gasteiger partial charge in [-0.2, -0.15) is 0 Å². The quantitative estimate of drug-likeness (QED) is 0.445. The molecule has 0 aliphatic heterocycles. The molecule has 170 valence electrons. The fraction of sp³-hybridized carbons (Fsp3) is 0.435. The van der Waals surface area contributed by atoms with Gasteiger partial charge < -0.3 is 14.1 Å². The summed E-state index contributed by atoms with van der Waals surface area (Å²) in [6.07, 6.45) is 7.34. The Morgan fingerprint density at radius 1 is 1.28 bits per heavy atom. The Morgan fingerprint density at radius 3 is 2.78 bits per heavy atom. The Morgan fingerprint density at radius 2 is 2.09 bits per heavy atom. The smallest absolute Gasteiger partial charge is 0.233 e. The molecular formula is C23H27FN4O3S. The van der Waals surface area contributed by atoms with Gasteiger partial charge in [-0.1, -0.05) is 37.1 Å². The molecule has 1 aromatic carbocycles. The third-order valence-electron chi connectivity index (χ3n) is 5.73. The first-order valence-electron chi connectivity index (χ1n) is 10.7. The van der Waals surface area contributed by atoms with E-state index >= 15 is 0 Å². The number of ether oxygens (including phenoxy) is 1. The van der Waals surface area contributed by atoms with Crippen LogP contribution in [-0.4, -0.2) is 45.5 Å². The lowest BCUT2D eigenvalue weighted by Crippen LogP contribution is -2.28. The average Bonchev–Trinajstić information content (AvgIpc) is 3.48. The number of halogens is 1. The Bertz CT molecular complexity index is 1050. The van der Waals surface area contributed by atoms with Crippen LogP contribution in [0.2, 0.25) is 0 Å². The molecule has 3 aromatic rings. The number of nitrogens with zero attached hydrogens (tertiary/aromatic N) is 4. The number of aromatic nitrogens is 3. The molecule has 0 atom stereocenters. The number of furan rings is 1. The molecule has 0 N–H and O–H groups in total. The zero-order valence-electron chi connectivity index (χ0n) is 18.3. The highest BCUT2D eigenvalue weighted by atomic mass is 32.2. The molecule has 1 saturated carbocycles. The van der Waals surface area contributed by atoms with E-state index in [1.807, 2.05) is 12.1 Å². The third kappa shape index (κ3) is 4.98. The zero-order chi connectivity index (χ0) is 22.5. The van der Waals surface area contributed by atoms with Gasteiger partial charge in [-0.25, -0.2) is 4.39 Å². The van der Waals surface area contributed by atoms with Gasteiger partial charge in [0.25, 0.3) is 0 Å². The normalized spacial score (nSPS) is 14.5. The van der Waals surface area contributed by atoms with E-state index in [0.717, 1.165) is 18.0 Å². The van der Waals surface area contributed by atoms with Gasteiger partial charge in [-0.05, 0) is 42.7 Å². The first kappa shape index (κ1) is 22.4. The number of carbonyl (C=O) groups excluding carboxylic acids is 1. The second kappa shape index (κ2) is 10.2. The lowest BCUT2D eigenvalue weighted by Gasteiger charge is -2.25. The van der Waals surface area contributed by atoms with E-state index in [2.05, 4.69) is 14.8 Å². The van der Waals surface area contributed by atoms with E-state index in [1.165, 1.54) is 44.2 Å². The molecular weight excluding hydrogens is 431 g/mol. The number of thioether (sulfide) groups is 1. The van der Waals surface area contributed by atoms with E-state index in [1.54, 1.807) is 30.3 Å². The summed E-state index contributed by atoms with van der Waals surface area (Å²) in [7, 11) is 3.14. The Labute approximate surface area is 190 Å². The van der Waals surface area contributed by atoms with Crippen molar-refractivity contribution in [3.63, 3.8) is 0 Å². The first-order chi connectivity index (χ1) is 15.6. The SMILES string of the molecule is COc1ccc(CN(C)C(=O)CSc2nnc(-c3ccco3)n2C2CCCCC2)cc1F. The number of methoxy groups -OCH3 is 1. The molecule has 1 fully saturated rings. The highest BCUT2D eigenvalue weighted by molar-refractivity contribution is 7.99. The molecule has 2 heterocycles. The lowest BCUT2D eigenvalue weighted by atomic mass is 9.95. The summed E-state index contributed by atoms with van der Waals surface area (Å²) in [6.45, 7) is 0.313. The fourth-order valence-corrected chi connectivity index (χ4v) is 4.97. The van der Waals surface area contributed by atoms with Crippen molar-refractivity contribution in [1.82, 2.24) is 19.7 Å². The largest absolute Gasteiger partial charge is 0.494 e. The van der Waals surface area contributed by atoms with Crippen molar-refractivity contribution in [3.05, 3.63) is 48.0 Å². The summed E-state index contributed by atoms with van der Waals surface area (Å²) in [5.74, 6) is 1.29. The lowest BCUT2D eigenvalue weighted by molar-refractivity contribution is -0.127. The molecule has 32 heavy (non-hydrogen) atoms. The van der Waals surface area contributed by atoms with Crippen LogP contribution in [0.15, 0.2) is 46.2 Å². The molecule has 9 heteroatoms. The van der Waals surface area contributed by atoms with Gasteiger partial charge in [0, 0.05) is 19.6 Å². The fourth-order valence-electron chi connectivity index (χ4n) is 4.02. The maximum atomic E-state index is 14.0. The van der Waals surface area contributed by atoms with Crippen molar-refractivity contribution in [2.75, 3.05) is 19.9 Å². The van der Waals surface area contributed by atoms with Gasteiger partial charge >= 0.3 is 0 Å². The Balaban J connectivity index is 1.44. The van der Waals surface area contributed by atoms with Crippen molar-refractivity contribution >= 4 is 17.7 Å². The van der Waals surface area contributed by atoms with Crippen LogP contribution in [0, 0.1) is 5.82 Å². The number of benzene rings is 1. The number of amides is 1. The molecule has 4 rings (SSSR count). The van der Waals surface area contributed by atoms with Gasteiger partial charge in [0.1, 0.15) is 0 Å². The Hall–Kier alpha value is -2.81. The van der Waals surface area contributed by atoms with E-state index in [4.69, 9.17) is 9.15 Å². The molecule has 1 aliphatic rings. The third-order valence-corrected chi connectivity index (χ3v) is 6.66. The van der Waals surface area contributed by atoms with Crippen molar-refractivity contribution in [2.45, 2.75) is 49.8 Å². The average molecular weight is 459 g/mol.